The van der Waals surface area contributed by atoms with E-state index in [1.807, 2.05) is 23.1 Å². The first-order chi connectivity index (χ1) is 12.3. The molecule has 1 fully saturated rings. The molecule has 0 aromatic heterocycles. The van der Waals surface area contributed by atoms with Gasteiger partial charge in [-0.15, -0.1) is 0 Å². The third-order valence-electron chi connectivity index (χ3n) is 5.44. The molecule has 1 unspecified atom stereocenters. The second kappa shape index (κ2) is 7.66. The van der Waals surface area contributed by atoms with Crippen LogP contribution in [0.4, 0.5) is 5.69 Å². The van der Waals surface area contributed by atoms with E-state index in [0.29, 0.717) is 25.9 Å². The van der Waals surface area contributed by atoms with Crippen LogP contribution in [0.15, 0.2) is 18.2 Å². The van der Waals surface area contributed by atoms with Crippen LogP contribution >= 0.6 is 0 Å². The summed E-state index contributed by atoms with van der Waals surface area (Å²) in [6, 6.07) is 5.88. The zero-order valence-electron chi connectivity index (χ0n) is 15.7. The number of carbonyl (C=O) groups excluding carboxylic acids is 2. The summed E-state index contributed by atoms with van der Waals surface area (Å²) in [7, 11) is 0. The Kier molecular flexibility index (Phi) is 5.51. The van der Waals surface area contributed by atoms with Gasteiger partial charge in [-0.25, -0.2) is 0 Å². The lowest BCUT2D eigenvalue weighted by atomic mass is 9.79. The van der Waals surface area contributed by atoms with E-state index < -0.39 is 0 Å². The van der Waals surface area contributed by atoms with Crippen LogP contribution in [-0.4, -0.2) is 42.5 Å². The second-order valence-corrected chi connectivity index (χ2v) is 8.02. The van der Waals surface area contributed by atoms with Crippen molar-refractivity contribution in [3.05, 3.63) is 23.8 Å². The number of hydrogen-bond donors (Lipinski definition) is 2. The van der Waals surface area contributed by atoms with Gasteiger partial charge in [-0.3, -0.25) is 9.59 Å². The number of ether oxygens (including phenoxy) is 1. The van der Waals surface area contributed by atoms with Crippen molar-refractivity contribution in [2.75, 3.05) is 25.0 Å². The standard InChI is InChI=1S/C20H29N3O3/c1-20(2)13-23(10-9-17(20)21)19(25)4-3-11-26-15-6-7-16-14(12-15)5-8-18(24)22-16/h6-7,12,17H,3-5,8-11,13,21H2,1-2H3,(H,22,24). The Bertz CT molecular complexity index is 687. The topological polar surface area (TPSA) is 84.7 Å². The Morgan fingerprint density at radius 1 is 1.38 bits per heavy atom. The Balaban J connectivity index is 1.43. The first-order valence-electron chi connectivity index (χ1n) is 9.44. The van der Waals surface area contributed by atoms with E-state index in [1.165, 1.54) is 0 Å². The second-order valence-electron chi connectivity index (χ2n) is 8.02. The highest BCUT2D eigenvalue weighted by atomic mass is 16.5. The average Bonchev–Trinajstić information content (AvgIpc) is 2.60. The minimum atomic E-state index is -0.0248. The van der Waals surface area contributed by atoms with Crippen LogP contribution in [0.3, 0.4) is 0 Å². The zero-order valence-corrected chi connectivity index (χ0v) is 15.7. The smallest absolute Gasteiger partial charge is 0.224 e. The Hall–Kier alpha value is -2.08. The van der Waals surface area contributed by atoms with Crippen molar-refractivity contribution in [2.45, 2.75) is 52.0 Å². The van der Waals surface area contributed by atoms with E-state index in [4.69, 9.17) is 10.5 Å². The van der Waals surface area contributed by atoms with Gasteiger partial charge in [-0.05, 0) is 48.4 Å². The number of carbonyl (C=O) groups is 2. The molecule has 1 atom stereocenters. The molecule has 1 aromatic rings. The molecule has 142 valence electrons. The summed E-state index contributed by atoms with van der Waals surface area (Å²) in [6.45, 7) is 6.23. The van der Waals surface area contributed by atoms with Gasteiger partial charge in [0.15, 0.2) is 0 Å². The normalized spacial score (nSPS) is 21.7. The molecule has 1 saturated heterocycles. The molecule has 6 nitrogen and oxygen atoms in total. The molecule has 1 aromatic carbocycles. The predicted octanol–water partition coefficient (Wildman–Crippen LogP) is 2.32. The molecule has 0 bridgehead atoms. The first-order valence-corrected chi connectivity index (χ1v) is 9.44. The molecule has 3 rings (SSSR count). The molecule has 2 aliphatic rings. The lowest BCUT2D eigenvalue weighted by Crippen LogP contribution is -2.54. The van der Waals surface area contributed by atoms with Gasteiger partial charge in [0.1, 0.15) is 5.75 Å². The largest absolute Gasteiger partial charge is 0.494 e. The highest BCUT2D eigenvalue weighted by molar-refractivity contribution is 5.94. The molecule has 0 radical (unpaired) electrons. The molecule has 6 heteroatoms. The Morgan fingerprint density at radius 3 is 2.96 bits per heavy atom. The molecule has 2 heterocycles. The van der Waals surface area contributed by atoms with Crippen molar-refractivity contribution in [3.63, 3.8) is 0 Å². The number of fused-ring (bicyclic) bond motifs is 1. The zero-order chi connectivity index (χ0) is 18.7. The molecule has 26 heavy (non-hydrogen) atoms. The minimum Gasteiger partial charge on any atom is -0.494 e. The van der Waals surface area contributed by atoms with Gasteiger partial charge < -0.3 is 20.7 Å². The molecule has 0 saturated carbocycles. The summed E-state index contributed by atoms with van der Waals surface area (Å²) in [6.07, 6.45) is 3.30. The first kappa shape index (κ1) is 18.7. The molecule has 2 amide bonds. The average molecular weight is 359 g/mol. The highest BCUT2D eigenvalue weighted by Gasteiger charge is 2.34. The maximum Gasteiger partial charge on any atom is 0.224 e. The number of amides is 2. The number of nitrogens with one attached hydrogen (secondary N) is 1. The fourth-order valence-corrected chi connectivity index (χ4v) is 3.61. The van der Waals surface area contributed by atoms with Gasteiger partial charge in [0.25, 0.3) is 0 Å². The van der Waals surface area contributed by atoms with E-state index in [2.05, 4.69) is 19.2 Å². The third kappa shape index (κ3) is 4.36. The predicted molar refractivity (Wildman–Crippen MR) is 101 cm³/mol. The maximum absolute atomic E-state index is 12.4. The van der Waals surface area contributed by atoms with Crippen molar-refractivity contribution in [3.8, 4) is 5.75 Å². The molecule has 2 aliphatic heterocycles. The van der Waals surface area contributed by atoms with Crippen LogP contribution in [-0.2, 0) is 16.0 Å². The number of likely N-dealkylation sites (tertiary alicyclic amines) is 1. The van der Waals surface area contributed by atoms with Crippen LogP contribution in [0, 0.1) is 5.41 Å². The fraction of sp³-hybridized carbons (Fsp3) is 0.600. The summed E-state index contributed by atoms with van der Waals surface area (Å²) in [5.41, 5.74) is 8.08. The number of hydrogen-bond acceptors (Lipinski definition) is 4. The van der Waals surface area contributed by atoms with Gasteiger partial charge in [0.2, 0.25) is 11.8 Å². The summed E-state index contributed by atoms with van der Waals surface area (Å²) in [5.74, 6) is 1.03. The van der Waals surface area contributed by atoms with Crippen molar-refractivity contribution in [1.29, 1.82) is 0 Å². The van der Waals surface area contributed by atoms with Gasteiger partial charge >= 0.3 is 0 Å². The van der Waals surface area contributed by atoms with Gasteiger partial charge in [0.05, 0.1) is 6.61 Å². The Morgan fingerprint density at radius 2 is 2.19 bits per heavy atom. The van der Waals surface area contributed by atoms with Crippen LogP contribution in [0.2, 0.25) is 0 Å². The summed E-state index contributed by atoms with van der Waals surface area (Å²) >= 11 is 0. The van der Waals surface area contributed by atoms with E-state index >= 15 is 0 Å². The van der Waals surface area contributed by atoms with E-state index in [0.717, 1.165) is 42.9 Å². The van der Waals surface area contributed by atoms with Crippen molar-refractivity contribution < 1.29 is 14.3 Å². The highest BCUT2D eigenvalue weighted by Crippen LogP contribution is 2.29. The summed E-state index contributed by atoms with van der Waals surface area (Å²) in [5, 5.41) is 2.86. The third-order valence-corrected chi connectivity index (χ3v) is 5.44. The van der Waals surface area contributed by atoms with Crippen LogP contribution in [0.5, 0.6) is 5.75 Å². The molecule has 0 aliphatic carbocycles. The van der Waals surface area contributed by atoms with Gasteiger partial charge in [-0.2, -0.15) is 0 Å². The van der Waals surface area contributed by atoms with E-state index in [9.17, 15) is 9.59 Å². The van der Waals surface area contributed by atoms with E-state index in [-0.39, 0.29) is 23.3 Å². The number of benzene rings is 1. The van der Waals surface area contributed by atoms with Gasteiger partial charge in [-0.1, -0.05) is 13.8 Å². The van der Waals surface area contributed by atoms with Crippen molar-refractivity contribution in [2.24, 2.45) is 11.1 Å². The molecular weight excluding hydrogens is 330 g/mol. The quantitative estimate of drug-likeness (QED) is 0.790. The van der Waals surface area contributed by atoms with Crippen LogP contribution in [0.25, 0.3) is 0 Å². The number of rotatable bonds is 5. The van der Waals surface area contributed by atoms with E-state index in [1.54, 1.807) is 0 Å². The molecular formula is C20H29N3O3. The summed E-state index contributed by atoms with van der Waals surface area (Å²) < 4.78 is 5.79. The Labute approximate surface area is 155 Å². The summed E-state index contributed by atoms with van der Waals surface area (Å²) in [4.78, 5) is 25.7. The van der Waals surface area contributed by atoms with Crippen LogP contribution in [0.1, 0.15) is 45.1 Å². The number of nitrogens with zero attached hydrogens (tertiary/aromatic N) is 1. The minimum absolute atomic E-state index is 0.0248. The number of anilines is 1. The molecule has 3 N–H and O–H groups in total. The number of nitrogens with two attached hydrogens (primary N) is 1. The number of aryl methyl sites for hydroxylation is 1. The van der Waals surface area contributed by atoms with Crippen molar-refractivity contribution >= 4 is 17.5 Å². The SMILES string of the molecule is CC1(C)CN(C(=O)CCCOc2ccc3c(c2)CCC(=O)N3)CCC1N. The fourth-order valence-electron chi connectivity index (χ4n) is 3.61. The lowest BCUT2D eigenvalue weighted by Gasteiger charge is -2.42. The number of piperidine rings is 1. The van der Waals surface area contributed by atoms with Gasteiger partial charge in [0, 0.05) is 37.7 Å². The maximum atomic E-state index is 12.4. The van der Waals surface area contributed by atoms with Crippen molar-refractivity contribution in [1.82, 2.24) is 4.90 Å². The molecule has 0 spiro atoms. The van der Waals surface area contributed by atoms with Crippen LogP contribution < -0.4 is 15.8 Å². The monoisotopic (exact) mass is 359 g/mol. The lowest BCUT2D eigenvalue weighted by molar-refractivity contribution is -0.134.